The molecule has 0 heterocycles. The van der Waals surface area contributed by atoms with Crippen molar-refractivity contribution in [2.45, 2.75) is 11.3 Å². The maximum absolute atomic E-state index is 12.4. The Morgan fingerprint density at radius 2 is 1.71 bits per heavy atom. The van der Waals surface area contributed by atoms with Crippen LogP contribution in [0.15, 0.2) is 29.2 Å². The van der Waals surface area contributed by atoms with Gasteiger partial charge in [0.15, 0.2) is 0 Å². The van der Waals surface area contributed by atoms with Gasteiger partial charge in [0.1, 0.15) is 0 Å². The molecule has 1 aromatic carbocycles. The van der Waals surface area contributed by atoms with Gasteiger partial charge in [-0.1, -0.05) is 12.1 Å². The fraction of sp³-hybridized carbons (Fsp3) is 0.250. The SMILES string of the molecule is NCCc1ccc(S(=O)(=O)F)cc1.[Cl-]. The first-order valence-electron chi connectivity index (χ1n) is 3.77. The monoisotopic (exact) mass is 238 g/mol. The van der Waals surface area contributed by atoms with E-state index in [0.717, 1.165) is 5.56 Å². The predicted molar refractivity (Wildman–Crippen MR) is 47.5 cm³/mol. The molecule has 6 heteroatoms. The number of hydrogen-bond donors (Lipinski definition) is 1. The smallest absolute Gasteiger partial charge is 0.332 e. The van der Waals surface area contributed by atoms with Gasteiger partial charge >= 0.3 is 10.2 Å². The molecule has 0 aromatic heterocycles. The summed E-state index contributed by atoms with van der Waals surface area (Å²) < 4.78 is 33.2. The highest BCUT2D eigenvalue weighted by atomic mass is 35.5. The molecule has 0 radical (unpaired) electrons. The van der Waals surface area contributed by atoms with Crippen LogP contribution >= 0.6 is 0 Å². The van der Waals surface area contributed by atoms with Gasteiger partial charge in [-0.3, -0.25) is 0 Å². The Morgan fingerprint density at radius 1 is 1.21 bits per heavy atom. The lowest BCUT2D eigenvalue weighted by molar-refractivity contribution is -0.00000627. The van der Waals surface area contributed by atoms with Gasteiger partial charge in [0.2, 0.25) is 0 Å². The van der Waals surface area contributed by atoms with Gasteiger partial charge in [-0.15, -0.1) is 3.89 Å². The third-order valence-electron chi connectivity index (χ3n) is 1.64. The molecule has 0 amide bonds. The third-order valence-corrected chi connectivity index (χ3v) is 2.47. The van der Waals surface area contributed by atoms with E-state index >= 15 is 0 Å². The van der Waals surface area contributed by atoms with E-state index in [9.17, 15) is 12.3 Å². The molecule has 0 spiro atoms. The minimum absolute atomic E-state index is 0. The Bertz CT molecular complexity index is 377. The molecule has 2 N–H and O–H groups in total. The van der Waals surface area contributed by atoms with Crippen LogP contribution in [0.4, 0.5) is 3.89 Å². The average Bonchev–Trinajstić information content (AvgIpc) is 2.04. The number of rotatable bonds is 3. The van der Waals surface area contributed by atoms with Crippen LogP contribution in [-0.4, -0.2) is 15.0 Å². The minimum Gasteiger partial charge on any atom is -1.00 e. The summed E-state index contributed by atoms with van der Waals surface area (Å²) >= 11 is 0. The second-order valence-electron chi connectivity index (χ2n) is 2.62. The van der Waals surface area contributed by atoms with E-state index in [1.807, 2.05) is 0 Å². The summed E-state index contributed by atoms with van der Waals surface area (Å²) in [7, 11) is -4.57. The third kappa shape index (κ3) is 3.61. The number of nitrogens with two attached hydrogens (primary N) is 1. The van der Waals surface area contributed by atoms with E-state index in [-0.39, 0.29) is 17.3 Å². The summed E-state index contributed by atoms with van der Waals surface area (Å²) in [6.45, 7) is 0.488. The number of halogens is 2. The van der Waals surface area contributed by atoms with Crippen molar-refractivity contribution >= 4 is 10.2 Å². The summed E-state index contributed by atoms with van der Waals surface area (Å²) in [6.07, 6.45) is 0.659. The van der Waals surface area contributed by atoms with Crippen molar-refractivity contribution < 1.29 is 24.7 Å². The van der Waals surface area contributed by atoms with Gasteiger partial charge in [0.25, 0.3) is 0 Å². The Labute approximate surface area is 88.7 Å². The summed E-state index contributed by atoms with van der Waals surface area (Å²) in [4.78, 5) is -0.312. The van der Waals surface area contributed by atoms with E-state index < -0.39 is 10.2 Å². The highest BCUT2D eigenvalue weighted by Crippen LogP contribution is 2.12. The fourth-order valence-corrected chi connectivity index (χ4v) is 1.45. The Morgan fingerprint density at radius 3 is 2.07 bits per heavy atom. The molecule has 0 atom stereocenters. The van der Waals surface area contributed by atoms with Gasteiger partial charge in [-0.25, -0.2) is 0 Å². The zero-order valence-corrected chi connectivity index (χ0v) is 8.85. The molecule has 0 aliphatic carbocycles. The Kier molecular flexibility index (Phi) is 5.04. The lowest BCUT2D eigenvalue weighted by Gasteiger charge is -1.98. The van der Waals surface area contributed by atoms with Crippen LogP contribution in [0.1, 0.15) is 5.56 Å². The predicted octanol–water partition coefficient (Wildman–Crippen LogP) is -2.15. The van der Waals surface area contributed by atoms with Crippen LogP contribution in [0.25, 0.3) is 0 Å². The molecule has 0 saturated heterocycles. The second-order valence-corrected chi connectivity index (χ2v) is 3.97. The molecule has 14 heavy (non-hydrogen) atoms. The van der Waals surface area contributed by atoms with Crippen LogP contribution in [0, 0.1) is 0 Å². The largest absolute Gasteiger partial charge is 1.00 e. The first-order chi connectivity index (χ1) is 6.04. The van der Waals surface area contributed by atoms with Crippen LogP contribution in [0.5, 0.6) is 0 Å². The molecule has 0 aliphatic rings. The molecule has 0 saturated carbocycles. The van der Waals surface area contributed by atoms with Crippen molar-refractivity contribution in [2.24, 2.45) is 5.73 Å². The van der Waals surface area contributed by atoms with E-state index in [0.29, 0.717) is 13.0 Å². The lowest BCUT2D eigenvalue weighted by atomic mass is 10.2. The van der Waals surface area contributed by atoms with Gasteiger partial charge < -0.3 is 18.1 Å². The van der Waals surface area contributed by atoms with E-state index in [4.69, 9.17) is 5.73 Å². The standard InChI is InChI=1S/C8H10FNO2S.ClH/c9-13(11,12)8-3-1-7(2-4-8)5-6-10;/h1-4H,5-6,10H2;1H/p-1. The fourth-order valence-electron chi connectivity index (χ4n) is 0.985. The highest BCUT2D eigenvalue weighted by Gasteiger charge is 2.10. The minimum atomic E-state index is -4.57. The molecule has 1 aromatic rings. The van der Waals surface area contributed by atoms with Crippen molar-refractivity contribution in [1.29, 1.82) is 0 Å². The molecule has 0 aliphatic heterocycles. The van der Waals surface area contributed by atoms with Gasteiger partial charge in [-0.2, -0.15) is 8.42 Å². The molecule has 3 nitrogen and oxygen atoms in total. The van der Waals surface area contributed by atoms with Crippen molar-refractivity contribution in [3.63, 3.8) is 0 Å². The topological polar surface area (TPSA) is 60.2 Å². The van der Waals surface area contributed by atoms with Gasteiger partial charge in [0.05, 0.1) is 4.90 Å². The van der Waals surface area contributed by atoms with Crippen LogP contribution in [0.3, 0.4) is 0 Å². The molecule has 0 bridgehead atoms. The second kappa shape index (κ2) is 5.29. The van der Waals surface area contributed by atoms with Crippen molar-refractivity contribution in [1.82, 2.24) is 0 Å². The normalized spacial score (nSPS) is 10.7. The summed E-state index contributed by atoms with van der Waals surface area (Å²) in [6, 6.07) is 5.58. The van der Waals surface area contributed by atoms with Crippen LogP contribution in [-0.2, 0) is 16.6 Å². The van der Waals surface area contributed by atoms with Crippen LogP contribution < -0.4 is 18.1 Å². The number of hydrogen-bond acceptors (Lipinski definition) is 3. The maximum Gasteiger partial charge on any atom is 0.332 e. The zero-order chi connectivity index (χ0) is 9.90. The number of benzene rings is 1. The summed E-state index contributed by atoms with van der Waals surface area (Å²) in [5.74, 6) is 0. The molecule has 1 rings (SSSR count). The zero-order valence-electron chi connectivity index (χ0n) is 7.28. The Balaban J connectivity index is 0.00000169. The first kappa shape index (κ1) is 13.4. The maximum atomic E-state index is 12.4. The van der Waals surface area contributed by atoms with E-state index in [2.05, 4.69) is 0 Å². The van der Waals surface area contributed by atoms with E-state index in [1.54, 1.807) is 12.1 Å². The highest BCUT2D eigenvalue weighted by molar-refractivity contribution is 7.86. The summed E-state index contributed by atoms with van der Waals surface area (Å²) in [5.41, 5.74) is 6.19. The first-order valence-corrected chi connectivity index (χ1v) is 5.16. The quantitative estimate of drug-likeness (QED) is 0.611. The molecular weight excluding hydrogens is 229 g/mol. The van der Waals surface area contributed by atoms with Gasteiger partial charge in [-0.05, 0) is 30.7 Å². The van der Waals surface area contributed by atoms with Crippen molar-refractivity contribution in [3.8, 4) is 0 Å². The molecule has 0 fully saturated rings. The van der Waals surface area contributed by atoms with E-state index in [1.165, 1.54) is 12.1 Å². The average molecular weight is 239 g/mol. The van der Waals surface area contributed by atoms with Gasteiger partial charge in [0, 0.05) is 0 Å². The van der Waals surface area contributed by atoms with Crippen LogP contribution in [0.2, 0.25) is 0 Å². The van der Waals surface area contributed by atoms with Crippen molar-refractivity contribution in [3.05, 3.63) is 29.8 Å². The Hall–Kier alpha value is -0.650. The van der Waals surface area contributed by atoms with Crippen molar-refractivity contribution in [2.75, 3.05) is 6.54 Å². The molecule has 80 valence electrons. The molecular formula is C8H10ClFNO2S-. The molecule has 0 unspecified atom stereocenters. The lowest BCUT2D eigenvalue weighted by Crippen LogP contribution is -3.00. The summed E-state index contributed by atoms with van der Waals surface area (Å²) in [5, 5.41) is 0.